The molecule has 1 heterocycles. The molecule has 0 bridgehead atoms. The maximum atomic E-state index is 12.7. The molecule has 3 rings (SSSR count). The van der Waals surface area contributed by atoms with E-state index in [4.69, 9.17) is 14.7 Å². The third kappa shape index (κ3) is 3.61. The van der Waals surface area contributed by atoms with Crippen LogP contribution in [0.15, 0.2) is 24.3 Å². The second-order valence-electron chi connectivity index (χ2n) is 6.55. The Kier molecular flexibility index (Phi) is 5.17. The molecule has 1 spiro atoms. The van der Waals surface area contributed by atoms with Gasteiger partial charge < -0.3 is 14.4 Å². The zero-order chi connectivity index (χ0) is 17.0. The van der Waals surface area contributed by atoms with Crippen LogP contribution in [0.4, 0.5) is 5.69 Å². The van der Waals surface area contributed by atoms with E-state index in [1.165, 1.54) is 0 Å². The summed E-state index contributed by atoms with van der Waals surface area (Å²) in [6.45, 7) is 3.98. The molecule has 0 unspecified atom stereocenters. The van der Waals surface area contributed by atoms with Crippen molar-refractivity contribution in [2.75, 3.05) is 24.7 Å². The largest absolute Gasteiger partial charge is 0.348 e. The molecule has 0 N–H and O–H groups in total. The molecule has 1 saturated carbocycles. The van der Waals surface area contributed by atoms with Gasteiger partial charge in [-0.2, -0.15) is 5.26 Å². The van der Waals surface area contributed by atoms with Gasteiger partial charge in [0.1, 0.15) is 0 Å². The average Bonchev–Trinajstić information content (AvgIpc) is 3.07. The van der Waals surface area contributed by atoms with Gasteiger partial charge in [0.25, 0.3) is 0 Å². The van der Waals surface area contributed by atoms with E-state index < -0.39 is 0 Å². The summed E-state index contributed by atoms with van der Waals surface area (Å²) >= 11 is 0. The Balaban J connectivity index is 1.57. The van der Waals surface area contributed by atoms with Crippen LogP contribution in [0.5, 0.6) is 0 Å². The number of carbonyl (C=O) groups is 1. The fourth-order valence-electron chi connectivity index (χ4n) is 3.68. The summed E-state index contributed by atoms with van der Waals surface area (Å²) < 4.78 is 11.5. The number of nitrogens with zero attached hydrogens (tertiary/aromatic N) is 2. The van der Waals surface area contributed by atoms with E-state index in [0.717, 1.165) is 31.4 Å². The minimum absolute atomic E-state index is 0.149. The molecule has 128 valence electrons. The first-order chi connectivity index (χ1) is 11.7. The lowest BCUT2D eigenvalue weighted by atomic mass is 9.83. The fraction of sp³-hybridized carbons (Fsp3) is 0.579. The quantitative estimate of drug-likeness (QED) is 0.851. The minimum atomic E-state index is -0.364. The van der Waals surface area contributed by atoms with E-state index in [0.29, 0.717) is 37.7 Å². The van der Waals surface area contributed by atoms with Crippen molar-refractivity contribution in [3.8, 4) is 6.07 Å². The maximum absolute atomic E-state index is 12.7. The second-order valence-corrected chi connectivity index (χ2v) is 6.55. The first-order valence-corrected chi connectivity index (χ1v) is 8.74. The van der Waals surface area contributed by atoms with Gasteiger partial charge in [-0.3, -0.25) is 4.79 Å². The van der Waals surface area contributed by atoms with Crippen LogP contribution in [-0.4, -0.2) is 31.5 Å². The Bertz CT molecular complexity index is 604. The SMILES string of the molecule is CCN(C(=O)CC1CCC2(CC1)OCCO2)c1ccc(C#N)cc1. The van der Waals surface area contributed by atoms with Crippen LogP contribution in [0.25, 0.3) is 0 Å². The Morgan fingerprint density at radius 1 is 1.25 bits per heavy atom. The Morgan fingerprint density at radius 2 is 1.88 bits per heavy atom. The van der Waals surface area contributed by atoms with Gasteiger partial charge in [-0.1, -0.05) is 0 Å². The third-order valence-corrected chi connectivity index (χ3v) is 5.07. The van der Waals surface area contributed by atoms with E-state index in [-0.39, 0.29) is 11.7 Å². The van der Waals surface area contributed by atoms with Crippen molar-refractivity contribution in [2.24, 2.45) is 5.92 Å². The fourth-order valence-corrected chi connectivity index (χ4v) is 3.68. The smallest absolute Gasteiger partial charge is 0.227 e. The van der Waals surface area contributed by atoms with E-state index in [1.54, 1.807) is 17.0 Å². The summed E-state index contributed by atoms with van der Waals surface area (Å²) in [5, 5.41) is 8.89. The van der Waals surface area contributed by atoms with Crippen LogP contribution in [0, 0.1) is 17.2 Å². The lowest BCUT2D eigenvalue weighted by Gasteiger charge is -2.35. The van der Waals surface area contributed by atoms with Crippen LogP contribution in [0.1, 0.15) is 44.6 Å². The number of rotatable bonds is 4. The molecule has 0 aromatic heterocycles. The molecule has 1 aliphatic carbocycles. The first-order valence-electron chi connectivity index (χ1n) is 8.74. The molecule has 1 aliphatic heterocycles. The topological polar surface area (TPSA) is 62.6 Å². The molecule has 5 heteroatoms. The average molecular weight is 328 g/mol. The van der Waals surface area contributed by atoms with Gasteiger partial charge in [0.15, 0.2) is 5.79 Å². The van der Waals surface area contributed by atoms with E-state index in [1.807, 2.05) is 19.1 Å². The van der Waals surface area contributed by atoms with Crippen LogP contribution >= 0.6 is 0 Å². The van der Waals surface area contributed by atoms with Gasteiger partial charge in [0, 0.05) is 31.5 Å². The molecule has 2 fully saturated rings. The lowest BCUT2D eigenvalue weighted by Crippen LogP contribution is -2.37. The molecule has 24 heavy (non-hydrogen) atoms. The molecule has 2 aliphatic rings. The highest BCUT2D eigenvalue weighted by Crippen LogP contribution is 2.39. The maximum Gasteiger partial charge on any atom is 0.227 e. The summed E-state index contributed by atoms with van der Waals surface area (Å²) in [7, 11) is 0. The summed E-state index contributed by atoms with van der Waals surface area (Å²) in [4.78, 5) is 14.5. The molecular formula is C19H24N2O3. The number of carbonyl (C=O) groups excluding carboxylic acids is 1. The first kappa shape index (κ1) is 16.9. The normalized spacial score (nSPS) is 20.0. The van der Waals surface area contributed by atoms with Gasteiger partial charge in [0.05, 0.1) is 24.8 Å². The van der Waals surface area contributed by atoms with Gasteiger partial charge >= 0.3 is 0 Å². The van der Waals surface area contributed by atoms with Gasteiger partial charge in [-0.05, 0) is 49.9 Å². The zero-order valence-corrected chi connectivity index (χ0v) is 14.2. The van der Waals surface area contributed by atoms with Gasteiger partial charge in [-0.15, -0.1) is 0 Å². The number of hydrogen-bond donors (Lipinski definition) is 0. The predicted molar refractivity (Wildman–Crippen MR) is 90.4 cm³/mol. The van der Waals surface area contributed by atoms with Crippen LogP contribution in [-0.2, 0) is 14.3 Å². The predicted octanol–water partition coefficient (Wildman–Crippen LogP) is 3.23. The van der Waals surface area contributed by atoms with Crippen molar-refractivity contribution in [1.82, 2.24) is 0 Å². The van der Waals surface area contributed by atoms with Crippen molar-refractivity contribution >= 4 is 11.6 Å². The van der Waals surface area contributed by atoms with Crippen LogP contribution in [0.2, 0.25) is 0 Å². The number of ether oxygens (including phenoxy) is 2. The molecule has 1 aromatic carbocycles. The summed E-state index contributed by atoms with van der Waals surface area (Å²) in [6.07, 6.45) is 4.26. The Hall–Kier alpha value is -1.90. The highest BCUT2D eigenvalue weighted by molar-refractivity contribution is 5.93. The highest BCUT2D eigenvalue weighted by Gasteiger charge is 2.40. The molecule has 1 aromatic rings. The molecule has 0 atom stereocenters. The monoisotopic (exact) mass is 328 g/mol. The van der Waals surface area contributed by atoms with E-state index >= 15 is 0 Å². The lowest BCUT2D eigenvalue weighted by molar-refractivity contribution is -0.183. The Labute approximate surface area is 143 Å². The molecule has 1 amide bonds. The summed E-state index contributed by atoms with van der Waals surface area (Å²) in [5.74, 6) is 0.177. The summed E-state index contributed by atoms with van der Waals surface area (Å²) in [5.41, 5.74) is 1.47. The highest BCUT2D eigenvalue weighted by atomic mass is 16.7. The van der Waals surface area contributed by atoms with Crippen molar-refractivity contribution in [1.29, 1.82) is 5.26 Å². The Morgan fingerprint density at radius 3 is 2.42 bits per heavy atom. The van der Waals surface area contributed by atoms with Crippen LogP contribution in [0.3, 0.4) is 0 Å². The van der Waals surface area contributed by atoms with E-state index in [2.05, 4.69) is 6.07 Å². The van der Waals surface area contributed by atoms with Crippen LogP contribution < -0.4 is 4.90 Å². The van der Waals surface area contributed by atoms with Crippen molar-refractivity contribution < 1.29 is 14.3 Å². The second kappa shape index (κ2) is 7.33. The zero-order valence-electron chi connectivity index (χ0n) is 14.2. The van der Waals surface area contributed by atoms with Crippen molar-refractivity contribution in [3.05, 3.63) is 29.8 Å². The van der Waals surface area contributed by atoms with E-state index in [9.17, 15) is 4.79 Å². The third-order valence-electron chi connectivity index (χ3n) is 5.07. The molecule has 5 nitrogen and oxygen atoms in total. The van der Waals surface area contributed by atoms with Crippen molar-refractivity contribution in [3.63, 3.8) is 0 Å². The number of hydrogen-bond acceptors (Lipinski definition) is 4. The standard InChI is InChI=1S/C19H24N2O3/c1-2-21(17-5-3-16(14-20)4-6-17)18(22)13-15-7-9-19(10-8-15)23-11-12-24-19/h3-6,15H,2,7-13H2,1H3. The van der Waals surface area contributed by atoms with Crippen molar-refractivity contribution in [2.45, 2.75) is 44.8 Å². The minimum Gasteiger partial charge on any atom is -0.348 e. The molecule has 0 radical (unpaired) electrons. The van der Waals surface area contributed by atoms with Gasteiger partial charge in [-0.25, -0.2) is 0 Å². The molecular weight excluding hydrogens is 304 g/mol. The number of nitriles is 1. The number of benzene rings is 1. The molecule has 1 saturated heterocycles. The summed E-state index contributed by atoms with van der Waals surface area (Å²) in [6, 6.07) is 9.30. The number of anilines is 1. The van der Waals surface area contributed by atoms with Gasteiger partial charge in [0.2, 0.25) is 5.91 Å². The number of amides is 1.